The van der Waals surface area contributed by atoms with Crippen LogP contribution >= 0.6 is 11.3 Å². The number of nitrogens with zero attached hydrogens (tertiary/aromatic N) is 2. The van der Waals surface area contributed by atoms with Crippen LogP contribution in [0, 0.1) is 13.8 Å². The lowest BCUT2D eigenvalue weighted by atomic mass is 10.1. The maximum atomic E-state index is 12.7. The maximum absolute atomic E-state index is 12.7. The zero-order valence-electron chi connectivity index (χ0n) is 14.8. The van der Waals surface area contributed by atoms with Gasteiger partial charge in [-0.1, -0.05) is 19.1 Å². The Bertz CT molecular complexity index is 1000. The number of anilines is 1. The quantitative estimate of drug-likeness (QED) is 0.773. The lowest BCUT2D eigenvalue weighted by molar-refractivity contribution is -0.118. The van der Waals surface area contributed by atoms with E-state index in [4.69, 9.17) is 0 Å². The average Bonchev–Trinajstić information content (AvgIpc) is 3.02. The molecule has 0 saturated heterocycles. The van der Waals surface area contributed by atoms with Gasteiger partial charge in [-0.25, -0.2) is 4.98 Å². The van der Waals surface area contributed by atoms with Gasteiger partial charge in [0.2, 0.25) is 5.91 Å². The number of rotatable bonds is 4. The lowest BCUT2D eigenvalue weighted by Crippen LogP contribution is -2.31. The van der Waals surface area contributed by atoms with Crippen molar-refractivity contribution in [3.8, 4) is 0 Å². The number of hydrogen-bond acceptors (Lipinski definition) is 4. The lowest BCUT2D eigenvalue weighted by Gasteiger charge is -2.16. The third-order valence-electron chi connectivity index (χ3n) is 4.32. The van der Waals surface area contributed by atoms with E-state index in [1.54, 1.807) is 6.92 Å². The molecule has 0 spiro atoms. The molecule has 2 aromatic heterocycles. The molecule has 0 radical (unpaired) electrons. The maximum Gasteiger partial charge on any atom is 0.262 e. The van der Waals surface area contributed by atoms with Gasteiger partial charge in [-0.2, -0.15) is 0 Å². The van der Waals surface area contributed by atoms with E-state index in [2.05, 4.69) is 10.3 Å². The van der Waals surface area contributed by atoms with Crippen molar-refractivity contribution < 1.29 is 4.79 Å². The zero-order valence-corrected chi connectivity index (χ0v) is 15.6. The molecule has 6 heteroatoms. The Balaban J connectivity index is 1.92. The van der Waals surface area contributed by atoms with Crippen molar-refractivity contribution in [1.29, 1.82) is 0 Å². The van der Waals surface area contributed by atoms with E-state index in [0.717, 1.165) is 32.9 Å². The van der Waals surface area contributed by atoms with Crippen LogP contribution < -0.4 is 10.9 Å². The van der Waals surface area contributed by atoms with E-state index in [-0.39, 0.29) is 11.5 Å². The summed E-state index contributed by atoms with van der Waals surface area (Å²) in [4.78, 5) is 31.5. The number of carbonyl (C=O) groups excluding carboxylic acids is 1. The van der Waals surface area contributed by atoms with E-state index in [0.29, 0.717) is 5.39 Å². The van der Waals surface area contributed by atoms with Gasteiger partial charge in [0.15, 0.2) is 0 Å². The molecule has 0 aliphatic carbocycles. The van der Waals surface area contributed by atoms with Gasteiger partial charge >= 0.3 is 0 Å². The molecule has 0 saturated carbocycles. The third kappa shape index (κ3) is 3.35. The average molecular weight is 355 g/mol. The SMILES string of the molecule is CCc1cc2c(=O)n(C(C)C(=O)Nc3cc(C)ccc3C)cnc2s1. The van der Waals surface area contributed by atoms with Gasteiger partial charge in [-0.05, 0) is 50.5 Å². The van der Waals surface area contributed by atoms with Crippen LogP contribution in [0.1, 0.15) is 35.9 Å². The second kappa shape index (κ2) is 6.80. The van der Waals surface area contributed by atoms with E-state index in [9.17, 15) is 9.59 Å². The number of fused-ring (bicyclic) bond motifs is 1. The Morgan fingerprint density at radius 2 is 2.08 bits per heavy atom. The van der Waals surface area contributed by atoms with Crippen molar-refractivity contribution in [2.75, 3.05) is 5.32 Å². The largest absolute Gasteiger partial charge is 0.324 e. The molecule has 1 aromatic carbocycles. The van der Waals surface area contributed by atoms with Crippen molar-refractivity contribution in [2.24, 2.45) is 0 Å². The Morgan fingerprint density at radius 1 is 1.32 bits per heavy atom. The Hall–Kier alpha value is -2.47. The van der Waals surface area contributed by atoms with Gasteiger partial charge in [0.1, 0.15) is 10.9 Å². The van der Waals surface area contributed by atoms with Gasteiger partial charge in [0, 0.05) is 10.6 Å². The Kier molecular flexibility index (Phi) is 4.72. The fourth-order valence-electron chi connectivity index (χ4n) is 2.67. The van der Waals surface area contributed by atoms with Crippen LogP contribution in [-0.2, 0) is 11.2 Å². The first kappa shape index (κ1) is 17.4. The molecule has 0 fully saturated rings. The smallest absolute Gasteiger partial charge is 0.262 e. The number of aromatic nitrogens is 2. The predicted octanol–water partition coefficient (Wildman–Crippen LogP) is 3.84. The van der Waals surface area contributed by atoms with E-state index in [1.165, 1.54) is 22.2 Å². The number of nitrogens with one attached hydrogen (secondary N) is 1. The van der Waals surface area contributed by atoms with Gasteiger partial charge in [-0.15, -0.1) is 11.3 Å². The number of thiophene rings is 1. The summed E-state index contributed by atoms with van der Waals surface area (Å²) in [6, 6.07) is 7.12. The molecule has 3 aromatic rings. The molecular formula is C19H21N3O2S. The minimum absolute atomic E-state index is 0.176. The third-order valence-corrected chi connectivity index (χ3v) is 5.51. The summed E-state index contributed by atoms with van der Waals surface area (Å²) < 4.78 is 1.40. The molecule has 0 aliphatic heterocycles. The van der Waals surface area contributed by atoms with Crippen LogP contribution in [0.4, 0.5) is 5.69 Å². The minimum Gasteiger partial charge on any atom is -0.324 e. The van der Waals surface area contributed by atoms with Crippen molar-refractivity contribution in [3.05, 3.63) is 57.0 Å². The van der Waals surface area contributed by atoms with Crippen molar-refractivity contribution in [1.82, 2.24) is 9.55 Å². The molecule has 1 N–H and O–H groups in total. The van der Waals surface area contributed by atoms with E-state index >= 15 is 0 Å². The topological polar surface area (TPSA) is 64.0 Å². The monoisotopic (exact) mass is 355 g/mol. The molecule has 0 bridgehead atoms. The highest BCUT2D eigenvalue weighted by atomic mass is 32.1. The van der Waals surface area contributed by atoms with Gasteiger partial charge < -0.3 is 5.32 Å². The van der Waals surface area contributed by atoms with E-state index in [1.807, 2.05) is 45.0 Å². The summed E-state index contributed by atoms with van der Waals surface area (Å²) in [5.41, 5.74) is 2.64. The molecule has 2 heterocycles. The Labute approximate surface area is 150 Å². The molecule has 1 unspecified atom stereocenters. The normalized spacial score (nSPS) is 12.3. The first-order chi connectivity index (χ1) is 11.9. The zero-order chi connectivity index (χ0) is 18.1. The van der Waals surface area contributed by atoms with Crippen molar-refractivity contribution in [2.45, 2.75) is 40.2 Å². The summed E-state index contributed by atoms with van der Waals surface area (Å²) in [5.74, 6) is -0.233. The molecular weight excluding hydrogens is 334 g/mol. The number of benzene rings is 1. The first-order valence-corrected chi connectivity index (χ1v) is 9.10. The van der Waals surface area contributed by atoms with Gasteiger partial charge in [-0.3, -0.25) is 14.2 Å². The number of hydrogen-bond donors (Lipinski definition) is 1. The van der Waals surface area contributed by atoms with Gasteiger partial charge in [0.25, 0.3) is 5.56 Å². The molecule has 0 aliphatic rings. The summed E-state index contributed by atoms with van der Waals surface area (Å²) in [6.45, 7) is 7.67. The van der Waals surface area contributed by atoms with Crippen LogP contribution in [0.2, 0.25) is 0 Å². The van der Waals surface area contributed by atoms with Gasteiger partial charge in [0.05, 0.1) is 11.7 Å². The number of carbonyl (C=O) groups is 1. The standard InChI is InChI=1S/C19H21N3O2S/c1-5-14-9-15-18(25-14)20-10-22(19(15)24)13(4)17(23)21-16-8-11(2)6-7-12(16)3/h6-10,13H,5H2,1-4H3,(H,21,23). The first-order valence-electron chi connectivity index (χ1n) is 8.28. The molecule has 5 nitrogen and oxygen atoms in total. The highest BCUT2D eigenvalue weighted by molar-refractivity contribution is 7.18. The minimum atomic E-state index is -0.644. The van der Waals surface area contributed by atoms with Crippen LogP contribution in [-0.4, -0.2) is 15.5 Å². The molecule has 25 heavy (non-hydrogen) atoms. The van der Waals surface area contributed by atoms with Crippen LogP contribution in [0.5, 0.6) is 0 Å². The van der Waals surface area contributed by atoms with Crippen LogP contribution in [0.25, 0.3) is 10.2 Å². The number of amides is 1. The van der Waals surface area contributed by atoms with Crippen LogP contribution in [0.15, 0.2) is 35.4 Å². The molecule has 3 rings (SSSR count). The van der Waals surface area contributed by atoms with Crippen molar-refractivity contribution >= 4 is 33.1 Å². The fraction of sp³-hybridized carbons (Fsp3) is 0.316. The summed E-state index contributed by atoms with van der Waals surface area (Å²) in [7, 11) is 0. The highest BCUT2D eigenvalue weighted by Gasteiger charge is 2.19. The molecule has 1 amide bonds. The summed E-state index contributed by atoms with van der Waals surface area (Å²) in [5, 5.41) is 3.50. The molecule has 130 valence electrons. The number of aryl methyl sites for hydroxylation is 3. The Morgan fingerprint density at radius 3 is 2.80 bits per heavy atom. The predicted molar refractivity (Wildman–Crippen MR) is 103 cm³/mol. The van der Waals surface area contributed by atoms with E-state index < -0.39 is 6.04 Å². The second-order valence-electron chi connectivity index (χ2n) is 6.23. The summed E-state index contributed by atoms with van der Waals surface area (Å²) >= 11 is 1.52. The van der Waals surface area contributed by atoms with Crippen molar-refractivity contribution in [3.63, 3.8) is 0 Å². The molecule has 1 atom stereocenters. The van der Waals surface area contributed by atoms with Crippen LogP contribution in [0.3, 0.4) is 0 Å². The fourth-order valence-corrected chi connectivity index (χ4v) is 3.60. The second-order valence-corrected chi connectivity index (χ2v) is 7.34. The summed E-state index contributed by atoms with van der Waals surface area (Å²) in [6.07, 6.45) is 2.33. The highest BCUT2D eigenvalue weighted by Crippen LogP contribution is 2.22.